The Balaban J connectivity index is 1.99. The van der Waals surface area contributed by atoms with Gasteiger partial charge in [0.05, 0.1) is 8.07 Å². The molecule has 0 radical (unpaired) electrons. The molecular formula is C14H25ClSi. The van der Waals surface area contributed by atoms with E-state index in [2.05, 4.69) is 26.6 Å². The zero-order valence-electron chi connectivity index (χ0n) is 11.1. The molecule has 4 rings (SSSR count). The lowest BCUT2D eigenvalue weighted by Gasteiger charge is -2.66. The molecule has 0 amide bonds. The Hall–Kier alpha value is 0.507. The Labute approximate surface area is 106 Å². The zero-order valence-corrected chi connectivity index (χ0v) is 12.9. The van der Waals surface area contributed by atoms with Crippen molar-refractivity contribution < 1.29 is 0 Å². The lowest BCUT2D eigenvalue weighted by atomic mass is 9.51. The second kappa shape index (κ2) is 3.09. The molecule has 0 aromatic carbocycles. The van der Waals surface area contributed by atoms with Crippen LogP contribution in [0.3, 0.4) is 0 Å². The van der Waals surface area contributed by atoms with Crippen LogP contribution in [0.25, 0.3) is 0 Å². The van der Waals surface area contributed by atoms with Gasteiger partial charge in [-0.3, -0.25) is 0 Å². The third-order valence-corrected chi connectivity index (χ3v) is 10.8. The molecule has 0 N–H and O–H groups in total. The summed E-state index contributed by atoms with van der Waals surface area (Å²) in [6, 6.07) is 0. The first-order valence-electron chi connectivity index (χ1n) is 6.93. The maximum absolute atomic E-state index is 6.85. The number of hydrogen-bond acceptors (Lipinski definition) is 0. The standard InChI is InChI=1S/C14H25ClSi/c1-13(15)11-5-10-6-12(13)9-14(7-10,8-11)16(2,3)4/h10-12H,5-9H2,1-4H3/t10?,11-,12+,13?,14?. The van der Waals surface area contributed by atoms with Gasteiger partial charge in [0, 0.05) is 4.87 Å². The van der Waals surface area contributed by atoms with Crippen LogP contribution in [0.15, 0.2) is 0 Å². The van der Waals surface area contributed by atoms with E-state index in [9.17, 15) is 0 Å². The first-order chi connectivity index (χ1) is 7.25. The first-order valence-corrected chi connectivity index (χ1v) is 10.8. The minimum Gasteiger partial charge on any atom is -0.119 e. The average molecular weight is 257 g/mol. The Morgan fingerprint density at radius 3 is 1.94 bits per heavy atom. The Morgan fingerprint density at radius 2 is 1.50 bits per heavy atom. The Bertz CT molecular complexity index is 297. The molecule has 0 saturated heterocycles. The quantitative estimate of drug-likeness (QED) is 0.462. The summed E-state index contributed by atoms with van der Waals surface area (Å²) in [5, 5.41) is 0.748. The van der Waals surface area contributed by atoms with E-state index in [4.69, 9.17) is 11.6 Å². The van der Waals surface area contributed by atoms with Crippen LogP contribution in [0.5, 0.6) is 0 Å². The van der Waals surface area contributed by atoms with Crippen molar-refractivity contribution in [3.05, 3.63) is 0 Å². The molecule has 4 bridgehead atoms. The van der Waals surface area contributed by atoms with Crippen molar-refractivity contribution in [2.75, 3.05) is 0 Å². The molecule has 0 aromatic heterocycles. The lowest BCUT2D eigenvalue weighted by molar-refractivity contribution is -0.00804. The van der Waals surface area contributed by atoms with Crippen molar-refractivity contribution in [1.29, 1.82) is 0 Å². The van der Waals surface area contributed by atoms with E-state index in [1.165, 1.54) is 25.7 Å². The number of hydrogen-bond donors (Lipinski definition) is 0. The van der Waals surface area contributed by atoms with Gasteiger partial charge in [-0.25, -0.2) is 0 Å². The van der Waals surface area contributed by atoms with Crippen LogP contribution in [0.2, 0.25) is 24.7 Å². The zero-order chi connectivity index (χ0) is 11.8. The summed E-state index contributed by atoms with van der Waals surface area (Å²) >= 11 is 6.85. The summed E-state index contributed by atoms with van der Waals surface area (Å²) in [5.41, 5.74) is 0. The summed E-state index contributed by atoms with van der Waals surface area (Å²) in [6.45, 7) is 10.1. The second-order valence-corrected chi connectivity index (χ2v) is 14.4. The number of rotatable bonds is 1. The van der Waals surface area contributed by atoms with Gasteiger partial charge >= 0.3 is 0 Å². The van der Waals surface area contributed by atoms with Gasteiger partial charge in [-0.05, 0) is 61.8 Å². The summed E-state index contributed by atoms with van der Waals surface area (Å²) < 4.78 is 0. The van der Waals surface area contributed by atoms with E-state index >= 15 is 0 Å². The molecule has 16 heavy (non-hydrogen) atoms. The monoisotopic (exact) mass is 256 g/mol. The highest BCUT2D eigenvalue weighted by Gasteiger charge is 2.62. The van der Waals surface area contributed by atoms with Crippen molar-refractivity contribution in [3.63, 3.8) is 0 Å². The van der Waals surface area contributed by atoms with Crippen LogP contribution in [-0.4, -0.2) is 12.9 Å². The van der Waals surface area contributed by atoms with Crippen molar-refractivity contribution in [2.24, 2.45) is 17.8 Å². The van der Waals surface area contributed by atoms with Crippen molar-refractivity contribution in [1.82, 2.24) is 0 Å². The fourth-order valence-corrected chi connectivity index (χ4v) is 8.04. The van der Waals surface area contributed by atoms with Crippen LogP contribution in [-0.2, 0) is 0 Å². The average Bonchev–Trinajstić information content (AvgIpc) is 2.12. The van der Waals surface area contributed by atoms with E-state index in [-0.39, 0.29) is 4.87 Å². The summed E-state index contributed by atoms with van der Waals surface area (Å²) in [6.07, 6.45) is 7.32. The molecule has 3 unspecified atom stereocenters. The predicted octanol–water partition coefficient (Wildman–Crippen LogP) is 4.90. The third-order valence-electron chi connectivity index (χ3n) is 6.38. The number of alkyl halides is 1. The van der Waals surface area contributed by atoms with E-state index in [0.717, 1.165) is 22.8 Å². The molecule has 92 valence electrons. The molecule has 0 aliphatic heterocycles. The maximum Gasteiger partial charge on any atom is 0.0505 e. The summed E-state index contributed by atoms with van der Waals surface area (Å²) in [7, 11) is -1.03. The van der Waals surface area contributed by atoms with Crippen LogP contribution in [0.4, 0.5) is 0 Å². The van der Waals surface area contributed by atoms with Crippen LogP contribution in [0, 0.1) is 17.8 Å². The normalized spacial score (nSPS) is 55.7. The SMILES string of the molecule is CC1(Cl)[C@@H]2CC3C[C@H]1CC([Si](C)(C)C)(C3)C2. The molecule has 4 saturated carbocycles. The molecule has 0 aromatic rings. The fraction of sp³-hybridized carbons (Fsp3) is 1.00. The molecule has 5 atom stereocenters. The van der Waals surface area contributed by atoms with E-state index in [1.807, 2.05) is 0 Å². The molecule has 2 heteroatoms. The molecular weight excluding hydrogens is 232 g/mol. The molecule has 0 nitrogen and oxygen atoms in total. The smallest absolute Gasteiger partial charge is 0.0505 e. The van der Waals surface area contributed by atoms with Gasteiger partial charge < -0.3 is 0 Å². The summed E-state index contributed by atoms with van der Waals surface area (Å²) in [4.78, 5) is 0.139. The van der Waals surface area contributed by atoms with E-state index in [0.29, 0.717) is 0 Å². The maximum atomic E-state index is 6.85. The molecule has 4 fully saturated rings. The van der Waals surface area contributed by atoms with Gasteiger partial charge in [0.25, 0.3) is 0 Å². The highest BCUT2D eigenvalue weighted by atomic mass is 35.5. The summed E-state index contributed by atoms with van der Waals surface area (Å²) in [5.74, 6) is 2.68. The fourth-order valence-electron chi connectivity index (χ4n) is 5.09. The van der Waals surface area contributed by atoms with Crippen LogP contribution in [0.1, 0.15) is 39.0 Å². The molecule has 4 aliphatic carbocycles. The molecule has 0 spiro atoms. The minimum absolute atomic E-state index is 0.139. The molecule has 4 aliphatic rings. The van der Waals surface area contributed by atoms with Crippen LogP contribution >= 0.6 is 11.6 Å². The highest BCUT2D eigenvalue weighted by molar-refractivity contribution is 6.79. The van der Waals surface area contributed by atoms with Gasteiger partial charge in [0.1, 0.15) is 0 Å². The Morgan fingerprint density at radius 1 is 1.00 bits per heavy atom. The predicted molar refractivity (Wildman–Crippen MR) is 73.9 cm³/mol. The van der Waals surface area contributed by atoms with E-state index < -0.39 is 8.07 Å². The second-order valence-electron chi connectivity index (χ2n) is 8.03. The largest absolute Gasteiger partial charge is 0.119 e. The van der Waals surface area contributed by atoms with Gasteiger partial charge in [0.2, 0.25) is 0 Å². The third kappa shape index (κ3) is 1.34. The van der Waals surface area contributed by atoms with Crippen LogP contribution < -0.4 is 0 Å². The van der Waals surface area contributed by atoms with Gasteiger partial charge in [-0.2, -0.15) is 0 Å². The highest BCUT2D eigenvalue weighted by Crippen LogP contribution is 2.71. The van der Waals surface area contributed by atoms with Crippen molar-refractivity contribution in [2.45, 2.75) is 68.6 Å². The first kappa shape index (κ1) is 11.6. The minimum atomic E-state index is -1.03. The van der Waals surface area contributed by atoms with E-state index in [1.54, 1.807) is 6.42 Å². The van der Waals surface area contributed by atoms with Gasteiger partial charge in [-0.1, -0.05) is 19.6 Å². The Kier molecular flexibility index (Phi) is 2.24. The van der Waals surface area contributed by atoms with Gasteiger partial charge in [-0.15, -0.1) is 11.6 Å². The van der Waals surface area contributed by atoms with Gasteiger partial charge in [0.15, 0.2) is 0 Å². The number of halogens is 1. The van der Waals surface area contributed by atoms with Crippen molar-refractivity contribution in [3.8, 4) is 0 Å². The lowest BCUT2D eigenvalue weighted by Crippen LogP contribution is -2.60. The topological polar surface area (TPSA) is 0 Å². The molecule has 0 heterocycles. The van der Waals surface area contributed by atoms with Crippen molar-refractivity contribution >= 4 is 19.7 Å².